The molecule has 204 valence electrons. The Morgan fingerprint density at radius 3 is 2.51 bits per heavy atom. The lowest BCUT2D eigenvalue weighted by Crippen LogP contribution is -2.66. The fraction of sp³-hybridized carbons (Fsp3) is 0.321. The van der Waals surface area contributed by atoms with E-state index in [4.69, 9.17) is 5.73 Å². The first-order valence-electron chi connectivity index (χ1n) is 12.5. The van der Waals surface area contributed by atoms with Gasteiger partial charge in [-0.2, -0.15) is 0 Å². The minimum Gasteiger partial charge on any atom is -0.369 e. The Bertz CT molecular complexity index is 1550. The predicted molar refractivity (Wildman–Crippen MR) is 143 cm³/mol. The molecule has 1 saturated heterocycles. The third kappa shape index (κ3) is 4.49. The number of carbonyl (C=O) groups is 1. The maximum absolute atomic E-state index is 15.6. The first-order chi connectivity index (χ1) is 18.5. The first kappa shape index (κ1) is 26.9. The molecule has 1 spiro atoms. The molecule has 2 atom stereocenters. The van der Waals surface area contributed by atoms with Crippen LogP contribution < -0.4 is 5.73 Å². The third-order valence-electron chi connectivity index (χ3n) is 7.90. The van der Waals surface area contributed by atoms with Gasteiger partial charge in [-0.05, 0) is 48.7 Å². The second-order valence-electron chi connectivity index (χ2n) is 10.2. The number of Topliss-reactive ketones (excluding diaryl/α,β-unsaturated/α-hetero) is 1. The number of nitrogens with two attached hydrogens (primary N) is 1. The number of likely N-dealkylation sites (tertiary alicyclic amines) is 1. The summed E-state index contributed by atoms with van der Waals surface area (Å²) in [5.41, 5.74) is 6.11. The van der Waals surface area contributed by atoms with Gasteiger partial charge >= 0.3 is 0 Å². The van der Waals surface area contributed by atoms with E-state index in [1.165, 1.54) is 31.3 Å². The van der Waals surface area contributed by atoms with Crippen LogP contribution in [0.5, 0.6) is 0 Å². The van der Waals surface area contributed by atoms with Gasteiger partial charge < -0.3 is 5.73 Å². The summed E-state index contributed by atoms with van der Waals surface area (Å²) in [7, 11) is -2.72. The third-order valence-corrected chi connectivity index (χ3v) is 10.5. The molecule has 0 saturated carbocycles. The van der Waals surface area contributed by atoms with Crippen LogP contribution in [-0.2, 0) is 28.5 Å². The number of sulfonamides is 1. The second kappa shape index (κ2) is 9.80. The smallest absolute Gasteiger partial charge is 0.247 e. The lowest BCUT2D eigenvalue weighted by Gasteiger charge is -2.48. The van der Waals surface area contributed by atoms with Gasteiger partial charge in [0.15, 0.2) is 5.78 Å². The molecule has 3 aromatic rings. The molecule has 2 N–H and O–H groups in total. The number of nitrogens with zero attached hydrogens (tertiary/aromatic N) is 4. The number of aliphatic imine (C=N–C) groups is 1. The zero-order valence-electron chi connectivity index (χ0n) is 21.6. The SMILES string of the molecule is CN1C(N)=N[C@](C)(c2cc(CC(=O)c3ccc(F)cn3)ccc2F)C2(CCN(Cc3ccccc3)C2)S1(=O)=O. The van der Waals surface area contributed by atoms with Crippen molar-refractivity contribution in [1.29, 1.82) is 0 Å². The highest BCUT2D eigenvalue weighted by Gasteiger charge is 2.66. The highest BCUT2D eigenvalue weighted by atomic mass is 32.2. The van der Waals surface area contributed by atoms with E-state index in [-0.39, 0.29) is 42.4 Å². The van der Waals surface area contributed by atoms with Crippen molar-refractivity contribution >= 4 is 21.8 Å². The number of aromatic nitrogens is 1. The fourth-order valence-electron chi connectivity index (χ4n) is 5.66. The zero-order chi connectivity index (χ0) is 28.0. The van der Waals surface area contributed by atoms with E-state index in [1.807, 2.05) is 35.2 Å². The Balaban J connectivity index is 1.55. The topological polar surface area (TPSA) is 109 Å². The number of benzene rings is 2. The van der Waals surface area contributed by atoms with Gasteiger partial charge in [0, 0.05) is 38.7 Å². The Labute approximate surface area is 226 Å². The summed E-state index contributed by atoms with van der Waals surface area (Å²) >= 11 is 0. The maximum atomic E-state index is 15.6. The van der Waals surface area contributed by atoms with Gasteiger partial charge in [-0.15, -0.1) is 0 Å². The van der Waals surface area contributed by atoms with E-state index >= 15 is 4.39 Å². The minimum atomic E-state index is -4.07. The van der Waals surface area contributed by atoms with Crippen LogP contribution in [0.3, 0.4) is 0 Å². The molecule has 2 aromatic carbocycles. The summed E-state index contributed by atoms with van der Waals surface area (Å²) in [6.45, 7) is 2.70. The van der Waals surface area contributed by atoms with Crippen LogP contribution in [0.2, 0.25) is 0 Å². The van der Waals surface area contributed by atoms with E-state index in [2.05, 4.69) is 9.98 Å². The quantitative estimate of drug-likeness (QED) is 0.470. The highest BCUT2D eigenvalue weighted by Crippen LogP contribution is 2.51. The molecule has 1 aromatic heterocycles. The molecule has 11 heteroatoms. The van der Waals surface area contributed by atoms with Crippen LogP contribution in [0.25, 0.3) is 0 Å². The van der Waals surface area contributed by atoms with Crippen LogP contribution in [0.15, 0.2) is 71.9 Å². The highest BCUT2D eigenvalue weighted by molar-refractivity contribution is 7.91. The number of ketones is 1. The van der Waals surface area contributed by atoms with Gasteiger partial charge in [-0.3, -0.25) is 14.7 Å². The lowest BCUT2D eigenvalue weighted by atomic mass is 9.77. The van der Waals surface area contributed by atoms with Crippen molar-refractivity contribution in [3.8, 4) is 0 Å². The summed E-state index contributed by atoms with van der Waals surface area (Å²) < 4.78 is 56.4. The van der Waals surface area contributed by atoms with Gasteiger partial charge in [0.05, 0.1) is 6.20 Å². The predicted octanol–water partition coefficient (Wildman–Crippen LogP) is 3.24. The number of rotatable bonds is 6. The molecule has 0 amide bonds. The molecule has 0 bridgehead atoms. The largest absolute Gasteiger partial charge is 0.369 e. The van der Waals surface area contributed by atoms with E-state index in [0.29, 0.717) is 18.7 Å². The fourth-order valence-corrected chi connectivity index (χ4v) is 7.82. The second-order valence-corrected chi connectivity index (χ2v) is 12.5. The molecule has 1 unspecified atom stereocenters. The number of hydrogen-bond acceptors (Lipinski definition) is 7. The summed E-state index contributed by atoms with van der Waals surface area (Å²) in [5, 5.41) is 0. The number of pyridine rings is 1. The molecule has 0 radical (unpaired) electrons. The van der Waals surface area contributed by atoms with Crippen LogP contribution in [0.4, 0.5) is 8.78 Å². The molecule has 3 heterocycles. The Hall–Kier alpha value is -3.70. The van der Waals surface area contributed by atoms with Crippen LogP contribution >= 0.6 is 0 Å². The summed E-state index contributed by atoms with van der Waals surface area (Å²) in [5.74, 6) is -1.83. The van der Waals surface area contributed by atoms with E-state index in [1.54, 1.807) is 6.92 Å². The van der Waals surface area contributed by atoms with Crippen LogP contribution in [0.1, 0.15) is 40.5 Å². The van der Waals surface area contributed by atoms with Crippen LogP contribution in [0, 0.1) is 11.6 Å². The zero-order valence-corrected chi connectivity index (χ0v) is 22.5. The van der Waals surface area contributed by atoms with Crippen molar-refractivity contribution in [3.63, 3.8) is 0 Å². The molecular formula is C28H29F2N5O3S. The van der Waals surface area contributed by atoms with Crippen LogP contribution in [-0.4, -0.2) is 59.2 Å². The minimum absolute atomic E-state index is 0.0426. The monoisotopic (exact) mass is 553 g/mol. The number of hydrogen-bond donors (Lipinski definition) is 1. The standard InChI is InChI=1S/C28H29F2N5O3S/c1-27(22-14-20(8-10-23(22)30)15-25(36)24-11-9-21(29)16-32-24)28(39(37,38)34(2)26(31)33-27)12-13-35(18-28)17-19-6-4-3-5-7-19/h3-11,14,16H,12-13,15,17-18H2,1-2H3,(H2,31,33)/t27-,28?/m1/s1. The van der Waals surface area contributed by atoms with E-state index < -0.39 is 31.9 Å². The Morgan fingerprint density at radius 1 is 1.08 bits per heavy atom. The molecule has 1 fully saturated rings. The van der Waals surface area contributed by atoms with Crippen molar-refractivity contribution in [3.05, 3.63) is 101 Å². The summed E-state index contributed by atoms with van der Waals surface area (Å²) in [4.78, 5) is 23.3. The number of carbonyl (C=O) groups excluding carboxylic acids is 1. The van der Waals surface area contributed by atoms with Gasteiger partial charge in [-0.25, -0.2) is 26.5 Å². The molecular weight excluding hydrogens is 524 g/mol. The van der Waals surface area contributed by atoms with Gasteiger partial charge in [0.1, 0.15) is 27.6 Å². The van der Waals surface area contributed by atoms with Crippen molar-refractivity contribution in [2.24, 2.45) is 10.7 Å². The number of halogens is 2. The normalized spacial score (nSPS) is 24.6. The van der Waals surface area contributed by atoms with Crippen molar-refractivity contribution < 1.29 is 22.0 Å². The Morgan fingerprint density at radius 2 is 1.82 bits per heavy atom. The molecule has 8 nitrogen and oxygen atoms in total. The van der Waals surface area contributed by atoms with Crippen molar-refractivity contribution in [2.75, 3.05) is 20.1 Å². The molecule has 39 heavy (non-hydrogen) atoms. The molecule has 5 rings (SSSR count). The average Bonchev–Trinajstić information content (AvgIpc) is 3.35. The molecule has 2 aliphatic heterocycles. The first-order valence-corrected chi connectivity index (χ1v) is 13.9. The van der Waals surface area contributed by atoms with Gasteiger partial charge in [-0.1, -0.05) is 36.4 Å². The summed E-state index contributed by atoms with van der Waals surface area (Å²) in [6.07, 6.45) is 1.03. The molecule has 0 aliphatic carbocycles. The van der Waals surface area contributed by atoms with Gasteiger partial charge in [0.25, 0.3) is 0 Å². The van der Waals surface area contributed by atoms with Crippen molar-refractivity contribution in [2.45, 2.75) is 36.6 Å². The average molecular weight is 554 g/mol. The molecule has 2 aliphatic rings. The lowest BCUT2D eigenvalue weighted by molar-refractivity contribution is 0.0988. The Kier molecular flexibility index (Phi) is 6.76. The number of guanidine groups is 1. The van der Waals surface area contributed by atoms with Gasteiger partial charge in [0.2, 0.25) is 16.0 Å². The van der Waals surface area contributed by atoms with Crippen molar-refractivity contribution in [1.82, 2.24) is 14.2 Å². The summed E-state index contributed by atoms with van der Waals surface area (Å²) in [6, 6.07) is 16.3. The van der Waals surface area contributed by atoms with E-state index in [0.717, 1.165) is 22.1 Å². The maximum Gasteiger partial charge on any atom is 0.247 e. The van der Waals surface area contributed by atoms with E-state index in [9.17, 15) is 17.6 Å².